The Balaban J connectivity index is 1.53. The fraction of sp³-hybridized carbons (Fsp3) is 0.207. The summed E-state index contributed by atoms with van der Waals surface area (Å²) in [5, 5.41) is 6.95. The second kappa shape index (κ2) is 10.4. The van der Waals surface area contributed by atoms with Crippen molar-refractivity contribution in [3.8, 4) is 11.4 Å². The van der Waals surface area contributed by atoms with Crippen molar-refractivity contribution >= 4 is 28.9 Å². The molecule has 0 saturated carbocycles. The number of nitrogens with zero attached hydrogens (tertiary/aromatic N) is 3. The summed E-state index contributed by atoms with van der Waals surface area (Å²) >= 11 is 5.77. The van der Waals surface area contributed by atoms with Crippen LogP contribution in [0.3, 0.4) is 0 Å². The van der Waals surface area contributed by atoms with Crippen molar-refractivity contribution in [2.45, 2.75) is 25.9 Å². The van der Waals surface area contributed by atoms with E-state index in [4.69, 9.17) is 17.0 Å². The third-order valence-electron chi connectivity index (χ3n) is 6.69. The lowest BCUT2D eigenvalue weighted by molar-refractivity contribution is -0.116. The van der Waals surface area contributed by atoms with Gasteiger partial charge in [0, 0.05) is 29.0 Å². The predicted octanol–water partition coefficient (Wildman–Crippen LogP) is 5.11. The number of hydrogen-bond donors (Lipinski definition) is 2. The Morgan fingerprint density at radius 1 is 1.05 bits per heavy atom. The molecule has 1 aliphatic rings. The topological polar surface area (TPSA) is 71.4 Å². The fourth-order valence-electron chi connectivity index (χ4n) is 5.01. The molecule has 8 heteroatoms. The molecule has 0 spiro atoms. The number of nitrogens with one attached hydrogen (secondary N) is 2. The molecule has 0 unspecified atom stereocenters. The lowest BCUT2D eigenvalue weighted by Gasteiger charge is -2.27. The van der Waals surface area contributed by atoms with Gasteiger partial charge in [-0.15, -0.1) is 0 Å². The van der Waals surface area contributed by atoms with E-state index in [0.717, 1.165) is 39.8 Å². The molecule has 5 rings (SSSR count). The molecule has 3 heterocycles. The molecule has 1 saturated heterocycles. The minimum atomic E-state index is -0.220. The van der Waals surface area contributed by atoms with Gasteiger partial charge in [0.1, 0.15) is 12.3 Å². The molecule has 0 bridgehead atoms. The van der Waals surface area contributed by atoms with Crippen LogP contribution in [-0.2, 0) is 4.79 Å². The molecule has 1 amide bonds. The van der Waals surface area contributed by atoms with Crippen molar-refractivity contribution in [1.82, 2.24) is 19.8 Å². The van der Waals surface area contributed by atoms with E-state index in [1.54, 1.807) is 13.3 Å². The largest absolute Gasteiger partial charge is 0.497 e. The number of methoxy groups -OCH3 is 1. The van der Waals surface area contributed by atoms with E-state index in [1.807, 2.05) is 77.7 Å². The van der Waals surface area contributed by atoms with Crippen molar-refractivity contribution in [3.05, 3.63) is 108 Å². The van der Waals surface area contributed by atoms with Gasteiger partial charge in [0.15, 0.2) is 5.11 Å². The number of benzene rings is 2. The molecule has 7 nitrogen and oxygen atoms in total. The van der Waals surface area contributed by atoms with Crippen LogP contribution in [0.5, 0.6) is 5.75 Å². The molecule has 188 valence electrons. The highest BCUT2D eigenvalue weighted by molar-refractivity contribution is 7.80. The summed E-state index contributed by atoms with van der Waals surface area (Å²) in [7, 11) is 1.66. The van der Waals surface area contributed by atoms with Gasteiger partial charge in [-0.05, 0) is 86.2 Å². The number of thiocarbonyl (C=S) groups is 1. The molecule has 2 N–H and O–H groups in total. The maximum absolute atomic E-state index is 13.1. The van der Waals surface area contributed by atoms with E-state index < -0.39 is 0 Å². The molecular formula is C29H29N5O2S. The maximum atomic E-state index is 13.1. The van der Waals surface area contributed by atoms with Gasteiger partial charge in [0.2, 0.25) is 5.91 Å². The van der Waals surface area contributed by atoms with Gasteiger partial charge < -0.3 is 24.8 Å². The van der Waals surface area contributed by atoms with Crippen molar-refractivity contribution in [3.63, 3.8) is 0 Å². The Labute approximate surface area is 222 Å². The first-order valence-corrected chi connectivity index (χ1v) is 12.5. The highest BCUT2D eigenvalue weighted by atomic mass is 32.1. The summed E-state index contributed by atoms with van der Waals surface area (Å²) in [6, 6.07) is 25.0. The number of hydrogen-bond acceptors (Lipinski definition) is 4. The normalized spacial score (nSPS) is 16.9. The number of aromatic nitrogens is 2. The van der Waals surface area contributed by atoms with E-state index >= 15 is 0 Å². The zero-order valence-electron chi connectivity index (χ0n) is 21.0. The third-order valence-corrected chi connectivity index (χ3v) is 7.04. The lowest BCUT2D eigenvalue weighted by Crippen LogP contribution is -2.37. The van der Waals surface area contributed by atoms with Crippen molar-refractivity contribution < 1.29 is 9.53 Å². The Morgan fingerprint density at radius 2 is 1.78 bits per heavy atom. The van der Waals surface area contributed by atoms with Crippen LogP contribution in [0.4, 0.5) is 5.69 Å². The average molecular weight is 512 g/mol. The van der Waals surface area contributed by atoms with E-state index in [-0.39, 0.29) is 24.5 Å². The molecule has 2 atom stereocenters. The number of anilines is 1. The number of pyridine rings is 1. The second-order valence-electron chi connectivity index (χ2n) is 9.03. The molecule has 2 aromatic carbocycles. The number of carbonyl (C=O) groups is 1. The SMILES string of the molecule is COc1ccc(-n2c(C)cc([C@H]3[C@H](c4ccccn4)NC(=S)N3CC(=O)Nc3ccccc3)c2C)cc1. The Morgan fingerprint density at radius 3 is 2.46 bits per heavy atom. The maximum Gasteiger partial charge on any atom is 0.244 e. The van der Waals surface area contributed by atoms with Crippen LogP contribution in [0, 0.1) is 13.8 Å². The molecular weight excluding hydrogens is 482 g/mol. The first-order chi connectivity index (χ1) is 18.0. The number of amides is 1. The van der Waals surface area contributed by atoms with Crippen LogP contribution in [0.15, 0.2) is 85.1 Å². The summed E-state index contributed by atoms with van der Waals surface area (Å²) in [5.74, 6) is 0.675. The lowest BCUT2D eigenvalue weighted by atomic mass is 9.96. The Hall–Kier alpha value is -4.17. The van der Waals surface area contributed by atoms with E-state index in [2.05, 4.69) is 40.1 Å². The standard InChI is InChI=1S/C29H29N5O2S/c1-19-17-24(20(2)34(19)22-12-14-23(36-3)15-13-22)28-27(25-11-7-8-16-30-25)32-29(37)33(28)18-26(35)31-21-9-5-4-6-10-21/h4-17,27-28H,18H2,1-3H3,(H,31,35)(H,32,37)/t27-,28-/m0/s1. The third kappa shape index (κ3) is 4.93. The molecule has 0 aliphatic carbocycles. The van der Waals surface area contributed by atoms with Crippen LogP contribution in [0.25, 0.3) is 5.69 Å². The van der Waals surface area contributed by atoms with E-state index in [0.29, 0.717) is 5.11 Å². The zero-order chi connectivity index (χ0) is 25.9. The quantitative estimate of drug-likeness (QED) is 0.336. The van der Waals surface area contributed by atoms with Crippen LogP contribution in [0.2, 0.25) is 0 Å². The molecule has 2 aromatic heterocycles. The Bertz CT molecular complexity index is 1400. The minimum Gasteiger partial charge on any atom is -0.497 e. The minimum absolute atomic E-state index is 0.112. The number of aryl methyl sites for hydroxylation is 1. The molecule has 4 aromatic rings. The molecule has 0 radical (unpaired) electrons. The van der Waals surface area contributed by atoms with E-state index in [1.165, 1.54) is 0 Å². The average Bonchev–Trinajstić information content (AvgIpc) is 3.39. The van der Waals surface area contributed by atoms with Crippen LogP contribution >= 0.6 is 12.2 Å². The van der Waals surface area contributed by atoms with Crippen LogP contribution in [0.1, 0.15) is 34.7 Å². The fourth-order valence-corrected chi connectivity index (χ4v) is 5.31. The first kappa shape index (κ1) is 24.5. The van der Waals surface area contributed by atoms with Crippen LogP contribution < -0.4 is 15.4 Å². The highest BCUT2D eigenvalue weighted by Gasteiger charge is 2.42. The van der Waals surface area contributed by atoms with Gasteiger partial charge in [0.25, 0.3) is 0 Å². The number of carbonyl (C=O) groups excluding carboxylic acids is 1. The summed E-state index contributed by atoms with van der Waals surface area (Å²) in [5.41, 5.74) is 5.91. The van der Waals surface area contributed by atoms with Crippen molar-refractivity contribution in [2.75, 3.05) is 19.0 Å². The zero-order valence-corrected chi connectivity index (χ0v) is 21.8. The number of para-hydroxylation sites is 1. The smallest absolute Gasteiger partial charge is 0.244 e. The molecule has 1 aliphatic heterocycles. The van der Waals surface area contributed by atoms with Gasteiger partial charge in [-0.2, -0.15) is 0 Å². The summed E-state index contributed by atoms with van der Waals surface area (Å²) in [6.07, 6.45) is 1.78. The summed E-state index contributed by atoms with van der Waals surface area (Å²) < 4.78 is 7.55. The predicted molar refractivity (Wildman–Crippen MR) is 149 cm³/mol. The molecule has 37 heavy (non-hydrogen) atoms. The number of ether oxygens (including phenoxy) is 1. The van der Waals surface area contributed by atoms with Gasteiger partial charge in [-0.25, -0.2) is 0 Å². The van der Waals surface area contributed by atoms with Crippen LogP contribution in [-0.4, -0.2) is 39.1 Å². The van der Waals surface area contributed by atoms with Gasteiger partial charge in [-0.3, -0.25) is 9.78 Å². The van der Waals surface area contributed by atoms with Crippen molar-refractivity contribution in [2.24, 2.45) is 0 Å². The highest BCUT2D eigenvalue weighted by Crippen LogP contribution is 2.41. The first-order valence-electron chi connectivity index (χ1n) is 12.1. The van der Waals surface area contributed by atoms with Gasteiger partial charge >= 0.3 is 0 Å². The molecule has 1 fully saturated rings. The van der Waals surface area contributed by atoms with Crippen molar-refractivity contribution in [1.29, 1.82) is 0 Å². The van der Waals surface area contributed by atoms with E-state index in [9.17, 15) is 4.79 Å². The Kier molecular flexibility index (Phi) is 6.92. The van der Waals surface area contributed by atoms with Gasteiger partial charge in [-0.1, -0.05) is 24.3 Å². The summed E-state index contributed by atoms with van der Waals surface area (Å²) in [4.78, 5) is 19.7. The second-order valence-corrected chi connectivity index (χ2v) is 9.42. The monoisotopic (exact) mass is 511 g/mol. The number of rotatable bonds is 7. The van der Waals surface area contributed by atoms with Gasteiger partial charge in [0.05, 0.1) is 24.9 Å². The summed E-state index contributed by atoms with van der Waals surface area (Å²) in [6.45, 7) is 4.30.